The van der Waals surface area contributed by atoms with E-state index in [1.54, 1.807) is 0 Å². The normalized spacial score (nSPS) is 10.7. The second-order valence-corrected chi connectivity index (χ2v) is 4.83. The van der Waals surface area contributed by atoms with Gasteiger partial charge in [0.2, 0.25) is 0 Å². The van der Waals surface area contributed by atoms with E-state index in [-0.39, 0.29) is 16.3 Å². The van der Waals surface area contributed by atoms with Crippen LogP contribution in [0.5, 0.6) is 0 Å². The summed E-state index contributed by atoms with van der Waals surface area (Å²) in [6.45, 7) is 0. The number of thiazole rings is 1. The molecule has 3 aromatic rings. The molecule has 0 aliphatic heterocycles. The molecule has 0 aliphatic rings. The number of carbonyl (C=O) groups excluding carboxylic acids is 1. The van der Waals surface area contributed by atoms with Gasteiger partial charge in [-0.2, -0.15) is 0 Å². The number of halogens is 2. The standard InChI is InChI=1S/C12H6F2N4OS/c13-6-3-8-10(4-7(6)14)20-12(17-8)18-11(19)9-5-15-1-2-16-9/h1-5H,(H,17,18,19). The number of hydrogen-bond acceptors (Lipinski definition) is 5. The fourth-order valence-electron chi connectivity index (χ4n) is 1.55. The van der Waals surface area contributed by atoms with Crippen LogP contribution in [0.4, 0.5) is 13.9 Å². The summed E-state index contributed by atoms with van der Waals surface area (Å²) in [6.07, 6.45) is 4.14. The van der Waals surface area contributed by atoms with Crippen molar-refractivity contribution in [3.63, 3.8) is 0 Å². The molecule has 2 aromatic heterocycles. The smallest absolute Gasteiger partial charge is 0.277 e. The Labute approximate surface area is 115 Å². The first-order chi connectivity index (χ1) is 9.63. The van der Waals surface area contributed by atoms with Crippen LogP contribution in [-0.2, 0) is 0 Å². The van der Waals surface area contributed by atoms with E-state index >= 15 is 0 Å². The Balaban J connectivity index is 1.90. The Morgan fingerprint density at radius 2 is 2.00 bits per heavy atom. The summed E-state index contributed by atoms with van der Waals surface area (Å²) < 4.78 is 26.6. The predicted octanol–water partition coefficient (Wildman–Crippen LogP) is 2.62. The van der Waals surface area contributed by atoms with Crippen molar-refractivity contribution >= 4 is 32.6 Å². The number of aromatic nitrogens is 3. The number of benzene rings is 1. The Bertz CT molecular complexity index is 752. The maximum absolute atomic E-state index is 13.1. The number of amides is 1. The number of carbonyl (C=O) groups is 1. The molecule has 1 aromatic carbocycles. The van der Waals surface area contributed by atoms with E-state index in [0.29, 0.717) is 4.70 Å². The Hall–Kier alpha value is -2.48. The summed E-state index contributed by atoms with van der Waals surface area (Å²) in [5.41, 5.74) is 0.410. The van der Waals surface area contributed by atoms with E-state index in [0.717, 1.165) is 23.5 Å². The molecule has 2 heterocycles. The first-order valence-corrected chi connectivity index (χ1v) is 6.28. The second kappa shape index (κ2) is 4.89. The lowest BCUT2D eigenvalue weighted by atomic mass is 10.3. The minimum Gasteiger partial charge on any atom is -0.296 e. The lowest BCUT2D eigenvalue weighted by Crippen LogP contribution is -2.13. The Morgan fingerprint density at radius 3 is 2.75 bits per heavy atom. The summed E-state index contributed by atoms with van der Waals surface area (Å²) >= 11 is 1.05. The molecule has 0 aliphatic carbocycles. The lowest BCUT2D eigenvalue weighted by Gasteiger charge is -1.98. The highest BCUT2D eigenvalue weighted by atomic mass is 32.1. The van der Waals surface area contributed by atoms with Crippen molar-refractivity contribution in [3.8, 4) is 0 Å². The first kappa shape index (κ1) is 12.5. The van der Waals surface area contributed by atoms with Crippen molar-refractivity contribution in [1.82, 2.24) is 15.0 Å². The number of nitrogens with one attached hydrogen (secondary N) is 1. The SMILES string of the molecule is O=C(Nc1nc2cc(F)c(F)cc2s1)c1cnccn1. The van der Waals surface area contributed by atoms with Crippen molar-refractivity contribution in [2.24, 2.45) is 0 Å². The maximum Gasteiger partial charge on any atom is 0.277 e. The molecule has 8 heteroatoms. The summed E-state index contributed by atoms with van der Waals surface area (Å²) in [5, 5.41) is 2.74. The molecule has 0 spiro atoms. The van der Waals surface area contributed by atoms with Gasteiger partial charge in [0.05, 0.1) is 16.4 Å². The predicted molar refractivity (Wildman–Crippen MR) is 69.5 cm³/mol. The van der Waals surface area contributed by atoms with Crippen LogP contribution in [-0.4, -0.2) is 20.9 Å². The van der Waals surface area contributed by atoms with Gasteiger partial charge in [-0.3, -0.25) is 15.1 Å². The summed E-state index contributed by atoms with van der Waals surface area (Å²) in [4.78, 5) is 23.5. The van der Waals surface area contributed by atoms with Crippen LogP contribution in [0, 0.1) is 11.6 Å². The van der Waals surface area contributed by atoms with Crippen LogP contribution in [0.15, 0.2) is 30.7 Å². The van der Waals surface area contributed by atoms with Crippen molar-refractivity contribution < 1.29 is 13.6 Å². The first-order valence-electron chi connectivity index (χ1n) is 5.46. The molecular weight excluding hydrogens is 286 g/mol. The van der Waals surface area contributed by atoms with Crippen LogP contribution in [0.25, 0.3) is 10.2 Å². The third-order valence-electron chi connectivity index (χ3n) is 2.45. The minimum absolute atomic E-state index is 0.129. The zero-order valence-electron chi connectivity index (χ0n) is 9.80. The number of anilines is 1. The van der Waals surface area contributed by atoms with Gasteiger partial charge < -0.3 is 0 Å². The van der Waals surface area contributed by atoms with Crippen molar-refractivity contribution in [2.75, 3.05) is 5.32 Å². The lowest BCUT2D eigenvalue weighted by molar-refractivity contribution is 0.102. The summed E-state index contributed by atoms with van der Waals surface area (Å²) in [7, 11) is 0. The maximum atomic E-state index is 13.1. The van der Waals surface area contributed by atoms with Gasteiger partial charge in [0, 0.05) is 18.5 Å². The number of hydrogen-bond donors (Lipinski definition) is 1. The number of rotatable bonds is 2. The van der Waals surface area contributed by atoms with Gasteiger partial charge in [0.1, 0.15) is 5.69 Å². The van der Waals surface area contributed by atoms with Crippen molar-refractivity contribution in [1.29, 1.82) is 0 Å². The monoisotopic (exact) mass is 292 g/mol. The quantitative estimate of drug-likeness (QED) is 0.788. The van der Waals surface area contributed by atoms with Gasteiger partial charge in [0.15, 0.2) is 16.8 Å². The third kappa shape index (κ3) is 2.32. The van der Waals surface area contributed by atoms with Gasteiger partial charge in [-0.1, -0.05) is 11.3 Å². The second-order valence-electron chi connectivity index (χ2n) is 3.80. The van der Waals surface area contributed by atoms with Crippen LogP contribution in [0.3, 0.4) is 0 Å². The summed E-state index contributed by atoms with van der Waals surface area (Å²) in [6, 6.07) is 2.03. The molecule has 1 N–H and O–H groups in total. The minimum atomic E-state index is -0.977. The molecule has 3 rings (SSSR count). The van der Waals surface area contributed by atoms with Crippen LogP contribution in [0.2, 0.25) is 0 Å². The fraction of sp³-hybridized carbons (Fsp3) is 0. The van der Waals surface area contributed by atoms with Gasteiger partial charge in [-0.25, -0.2) is 18.7 Å². The Morgan fingerprint density at radius 1 is 1.20 bits per heavy atom. The average molecular weight is 292 g/mol. The van der Waals surface area contributed by atoms with Crippen molar-refractivity contribution in [3.05, 3.63) is 48.1 Å². The molecule has 20 heavy (non-hydrogen) atoms. The van der Waals surface area contributed by atoms with E-state index in [2.05, 4.69) is 20.3 Å². The highest BCUT2D eigenvalue weighted by Gasteiger charge is 2.13. The third-order valence-corrected chi connectivity index (χ3v) is 3.38. The van der Waals surface area contributed by atoms with E-state index in [4.69, 9.17) is 0 Å². The van der Waals surface area contributed by atoms with Gasteiger partial charge in [0.25, 0.3) is 5.91 Å². The molecule has 0 saturated carbocycles. The highest BCUT2D eigenvalue weighted by molar-refractivity contribution is 7.22. The average Bonchev–Trinajstić information content (AvgIpc) is 2.81. The van der Waals surface area contributed by atoms with Gasteiger partial charge in [-0.05, 0) is 6.07 Å². The molecule has 0 radical (unpaired) electrons. The molecular formula is C12H6F2N4OS. The zero-order valence-corrected chi connectivity index (χ0v) is 10.6. The molecule has 0 saturated heterocycles. The van der Waals surface area contributed by atoms with E-state index in [9.17, 15) is 13.6 Å². The topological polar surface area (TPSA) is 67.8 Å². The fourth-order valence-corrected chi connectivity index (χ4v) is 2.42. The van der Waals surface area contributed by atoms with Crippen LogP contribution in [0.1, 0.15) is 10.5 Å². The molecule has 100 valence electrons. The van der Waals surface area contributed by atoms with Gasteiger partial charge in [-0.15, -0.1) is 0 Å². The van der Waals surface area contributed by atoms with Crippen LogP contribution >= 0.6 is 11.3 Å². The zero-order chi connectivity index (χ0) is 14.1. The molecule has 0 fully saturated rings. The van der Waals surface area contributed by atoms with E-state index in [1.807, 2.05) is 0 Å². The van der Waals surface area contributed by atoms with E-state index < -0.39 is 17.5 Å². The highest BCUT2D eigenvalue weighted by Crippen LogP contribution is 2.27. The molecule has 5 nitrogen and oxygen atoms in total. The number of fused-ring (bicyclic) bond motifs is 1. The Kier molecular flexibility index (Phi) is 3.07. The molecule has 0 unspecified atom stereocenters. The summed E-state index contributed by atoms with van der Waals surface area (Å²) in [5.74, 6) is -2.42. The molecule has 0 atom stereocenters. The van der Waals surface area contributed by atoms with E-state index in [1.165, 1.54) is 18.6 Å². The largest absolute Gasteiger partial charge is 0.296 e. The van der Waals surface area contributed by atoms with Crippen molar-refractivity contribution in [2.45, 2.75) is 0 Å². The number of nitrogens with zero attached hydrogens (tertiary/aromatic N) is 3. The van der Waals surface area contributed by atoms with Gasteiger partial charge >= 0.3 is 0 Å². The molecule has 0 bridgehead atoms. The molecule has 1 amide bonds. The van der Waals surface area contributed by atoms with Crippen LogP contribution < -0.4 is 5.32 Å².